The molecule has 0 saturated heterocycles. The summed E-state index contributed by atoms with van der Waals surface area (Å²) in [5, 5.41) is 8.45. The first-order chi connectivity index (χ1) is 6.16. The molecule has 2 heteroatoms. The molecule has 0 aromatic carbocycles. The van der Waals surface area contributed by atoms with Crippen molar-refractivity contribution in [2.45, 2.75) is 52.4 Å². The molecular formula is C11H20O2. The number of carbonyl (C=O) groups is 1. The Hall–Kier alpha value is -0.790. The second-order valence-corrected chi connectivity index (χ2v) is 3.49. The molecule has 0 atom stereocenters. The Balaban J connectivity index is 3.37. The van der Waals surface area contributed by atoms with Crippen LogP contribution in [0.1, 0.15) is 52.4 Å². The van der Waals surface area contributed by atoms with Crippen LogP contribution < -0.4 is 0 Å². The van der Waals surface area contributed by atoms with Gasteiger partial charge in [-0.1, -0.05) is 38.2 Å². The lowest BCUT2D eigenvalue weighted by Crippen LogP contribution is -1.90. The van der Waals surface area contributed by atoms with Gasteiger partial charge in [0.05, 0.1) is 0 Å². The van der Waals surface area contributed by atoms with Crippen molar-refractivity contribution in [3.8, 4) is 0 Å². The van der Waals surface area contributed by atoms with Crippen molar-refractivity contribution < 1.29 is 9.90 Å². The van der Waals surface area contributed by atoms with E-state index in [0.717, 1.165) is 18.4 Å². The number of rotatable bonds is 7. The third kappa shape index (κ3) is 9.12. The van der Waals surface area contributed by atoms with Crippen LogP contribution in [0.4, 0.5) is 0 Å². The van der Waals surface area contributed by atoms with Gasteiger partial charge in [-0.05, 0) is 19.8 Å². The largest absolute Gasteiger partial charge is 0.478 e. The topological polar surface area (TPSA) is 37.3 Å². The van der Waals surface area contributed by atoms with Crippen molar-refractivity contribution in [3.63, 3.8) is 0 Å². The molecule has 0 fully saturated rings. The lowest BCUT2D eigenvalue weighted by Gasteiger charge is -1.99. The summed E-state index contributed by atoms with van der Waals surface area (Å²) in [6, 6.07) is 0. The van der Waals surface area contributed by atoms with Crippen molar-refractivity contribution in [2.75, 3.05) is 0 Å². The molecule has 0 aliphatic rings. The fourth-order valence-corrected chi connectivity index (χ4v) is 1.29. The Kier molecular flexibility index (Phi) is 7.36. The summed E-state index contributed by atoms with van der Waals surface area (Å²) < 4.78 is 0. The Morgan fingerprint density at radius 2 is 1.85 bits per heavy atom. The van der Waals surface area contributed by atoms with Crippen molar-refractivity contribution in [2.24, 2.45) is 0 Å². The molecule has 0 rings (SSSR count). The number of unbranched alkanes of at least 4 members (excludes halogenated alkanes) is 4. The second-order valence-electron chi connectivity index (χ2n) is 3.49. The lowest BCUT2D eigenvalue weighted by atomic mass is 10.1. The third-order valence-corrected chi connectivity index (χ3v) is 2.04. The van der Waals surface area contributed by atoms with Gasteiger partial charge in [0, 0.05) is 6.08 Å². The van der Waals surface area contributed by atoms with Crippen LogP contribution >= 0.6 is 0 Å². The van der Waals surface area contributed by atoms with Crippen LogP contribution in [0.5, 0.6) is 0 Å². The van der Waals surface area contributed by atoms with E-state index in [1.165, 1.54) is 31.8 Å². The smallest absolute Gasteiger partial charge is 0.328 e. The maximum Gasteiger partial charge on any atom is 0.328 e. The number of aliphatic carboxylic acids is 1. The van der Waals surface area contributed by atoms with Gasteiger partial charge >= 0.3 is 5.97 Å². The van der Waals surface area contributed by atoms with Crippen molar-refractivity contribution in [1.29, 1.82) is 0 Å². The van der Waals surface area contributed by atoms with Gasteiger partial charge in [0.2, 0.25) is 0 Å². The highest BCUT2D eigenvalue weighted by Gasteiger charge is 1.94. The fourth-order valence-electron chi connectivity index (χ4n) is 1.29. The first kappa shape index (κ1) is 12.2. The molecule has 76 valence electrons. The van der Waals surface area contributed by atoms with Crippen LogP contribution in [-0.4, -0.2) is 11.1 Å². The molecule has 0 aliphatic carbocycles. The molecule has 0 aromatic rings. The number of carboxylic acid groups (broad SMARTS) is 1. The van der Waals surface area contributed by atoms with E-state index < -0.39 is 5.97 Å². The average molecular weight is 184 g/mol. The monoisotopic (exact) mass is 184 g/mol. The molecule has 13 heavy (non-hydrogen) atoms. The van der Waals surface area contributed by atoms with Crippen molar-refractivity contribution in [1.82, 2.24) is 0 Å². The van der Waals surface area contributed by atoms with E-state index in [2.05, 4.69) is 6.92 Å². The van der Waals surface area contributed by atoms with Gasteiger partial charge in [0.1, 0.15) is 0 Å². The predicted octanol–water partition coefficient (Wildman–Crippen LogP) is 3.38. The highest BCUT2D eigenvalue weighted by molar-refractivity contribution is 5.80. The van der Waals surface area contributed by atoms with Crippen LogP contribution in [0.25, 0.3) is 0 Å². The minimum Gasteiger partial charge on any atom is -0.478 e. The average Bonchev–Trinajstić information content (AvgIpc) is 2.02. The number of hydrogen-bond acceptors (Lipinski definition) is 1. The quantitative estimate of drug-likeness (QED) is 0.486. The minimum absolute atomic E-state index is 0.828. The first-order valence-corrected chi connectivity index (χ1v) is 5.07. The SMILES string of the molecule is CCCCCCC/C(C)=C\C(=O)O. The summed E-state index contributed by atoms with van der Waals surface area (Å²) in [6.07, 6.45) is 8.40. The minimum atomic E-state index is -0.828. The first-order valence-electron chi connectivity index (χ1n) is 5.07. The molecule has 0 spiro atoms. The van der Waals surface area contributed by atoms with Gasteiger partial charge in [0.25, 0.3) is 0 Å². The van der Waals surface area contributed by atoms with Crippen LogP contribution in [0, 0.1) is 0 Å². The normalized spacial score (nSPS) is 11.7. The van der Waals surface area contributed by atoms with E-state index in [-0.39, 0.29) is 0 Å². The van der Waals surface area contributed by atoms with Gasteiger partial charge in [-0.25, -0.2) is 4.79 Å². The Labute approximate surface area is 80.7 Å². The van der Waals surface area contributed by atoms with Gasteiger partial charge in [-0.15, -0.1) is 0 Å². The molecule has 0 amide bonds. The van der Waals surface area contributed by atoms with Gasteiger partial charge in [0.15, 0.2) is 0 Å². The lowest BCUT2D eigenvalue weighted by molar-refractivity contribution is -0.131. The van der Waals surface area contributed by atoms with E-state index >= 15 is 0 Å². The number of allylic oxidation sites excluding steroid dienone is 1. The van der Waals surface area contributed by atoms with E-state index in [1.807, 2.05) is 6.92 Å². The van der Waals surface area contributed by atoms with Crippen LogP contribution in [0.15, 0.2) is 11.6 Å². The summed E-state index contributed by atoms with van der Waals surface area (Å²) in [6.45, 7) is 4.07. The zero-order chi connectivity index (χ0) is 10.1. The molecule has 2 nitrogen and oxygen atoms in total. The molecule has 0 radical (unpaired) electrons. The summed E-state index contributed by atoms with van der Waals surface area (Å²) in [4.78, 5) is 10.3. The predicted molar refractivity (Wildman–Crippen MR) is 54.8 cm³/mol. The van der Waals surface area contributed by atoms with Gasteiger partial charge in [-0.2, -0.15) is 0 Å². The molecule has 1 N–H and O–H groups in total. The molecule has 0 saturated carbocycles. The maximum absolute atomic E-state index is 10.3. The Bertz CT molecular complexity index is 171. The summed E-state index contributed by atoms with van der Waals surface area (Å²) in [5.74, 6) is -0.828. The molecular weight excluding hydrogens is 164 g/mol. The fraction of sp³-hybridized carbons (Fsp3) is 0.727. The van der Waals surface area contributed by atoms with E-state index in [4.69, 9.17) is 5.11 Å². The third-order valence-electron chi connectivity index (χ3n) is 2.04. The summed E-state index contributed by atoms with van der Waals surface area (Å²) in [7, 11) is 0. The Morgan fingerprint density at radius 3 is 2.38 bits per heavy atom. The van der Waals surface area contributed by atoms with Crippen LogP contribution in [0.3, 0.4) is 0 Å². The van der Waals surface area contributed by atoms with E-state index in [1.54, 1.807) is 0 Å². The molecule has 0 aromatic heterocycles. The van der Waals surface area contributed by atoms with Crippen molar-refractivity contribution >= 4 is 5.97 Å². The van der Waals surface area contributed by atoms with Gasteiger partial charge in [-0.3, -0.25) is 0 Å². The standard InChI is InChI=1S/C11H20O2/c1-3-4-5-6-7-8-10(2)9-11(12)13/h9H,3-8H2,1-2H3,(H,12,13)/b10-9-. The zero-order valence-corrected chi connectivity index (χ0v) is 8.68. The highest BCUT2D eigenvalue weighted by Crippen LogP contribution is 2.10. The second kappa shape index (κ2) is 7.84. The van der Waals surface area contributed by atoms with Crippen LogP contribution in [-0.2, 0) is 4.79 Å². The number of carboxylic acids is 1. The molecule has 0 aliphatic heterocycles. The Morgan fingerprint density at radius 1 is 1.23 bits per heavy atom. The molecule has 0 heterocycles. The number of hydrogen-bond donors (Lipinski definition) is 1. The summed E-state index contributed by atoms with van der Waals surface area (Å²) >= 11 is 0. The summed E-state index contributed by atoms with van der Waals surface area (Å²) in [5.41, 5.74) is 0.976. The zero-order valence-electron chi connectivity index (χ0n) is 8.68. The van der Waals surface area contributed by atoms with Crippen LogP contribution in [0.2, 0.25) is 0 Å². The van der Waals surface area contributed by atoms with E-state index in [9.17, 15) is 4.79 Å². The molecule has 0 bridgehead atoms. The van der Waals surface area contributed by atoms with Crippen molar-refractivity contribution in [3.05, 3.63) is 11.6 Å². The molecule has 0 unspecified atom stereocenters. The highest BCUT2D eigenvalue weighted by atomic mass is 16.4. The van der Waals surface area contributed by atoms with E-state index in [0.29, 0.717) is 0 Å². The maximum atomic E-state index is 10.3. The van der Waals surface area contributed by atoms with Gasteiger partial charge < -0.3 is 5.11 Å².